The average Bonchev–Trinajstić information content (AvgIpc) is 2.28. The molecule has 0 heterocycles. The zero-order valence-electron chi connectivity index (χ0n) is 10.3. The lowest BCUT2D eigenvalue weighted by atomic mass is 10.2. The highest BCUT2D eigenvalue weighted by molar-refractivity contribution is 5.69. The number of hydrogen-bond donors (Lipinski definition) is 1. The van der Waals surface area contributed by atoms with Crippen molar-refractivity contribution in [3.05, 3.63) is 12.7 Å². The molecule has 4 heteroatoms. The SMILES string of the molecule is C=CC(O)N(CC)CCCCC(=O)OCC. The van der Waals surface area contributed by atoms with Gasteiger partial charge < -0.3 is 9.84 Å². The van der Waals surface area contributed by atoms with E-state index in [1.54, 1.807) is 6.92 Å². The Morgan fingerprint density at radius 3 is 2.69 bits per heavy atom. The molecule has 0 spiro atoms. The summed E-state index contributed by atoms with van der Waals surface area (Å²) in [5.41, 5.74) is 0. The summed E-state index contributed by atoms with van der Waals surface area (Å²) in [6.45, 7) is 9.31. The van der Waals surface area contributed by atoms with Crippen molar-refractivity contribution in [1.29, 1.82) is 0 Å². The maximum atomic E-state index is 11.0. The second-order valence-electron chi connectivity index (χ2n) is 3.54. The van der Waals surface area contributed by atoms with E-state index in [0.717, 1.165) is 25.9 Å². The number of esters is 1. The first kappa shape index (κ1) is 15.1. The van der Waals surface area contributed by atoms with Crippen molar-refractivity contribution in [3.8, 4) is 0 Å². The molecule has 0 rings (SSSR count). The molecule has 0 radical (unpaired) electrons. The highest BCUT2D eigenvalue weighted by Crippen LogP contribution is 2.03. The van der Waals surface area contributed by atoms with Crippen LogP contribution in [0.2, 0.25) is 0 Å². The standard InChI is InChI=1S/C12H23NO3/c1-4-11(14)13(5-2)10-8-7-9-12(15)16-6-3/h4,11,14H,1,5-10H2,2-3H3. The first-order valence-corrected chi connectivity index (χ1v) is 5.86. The Hall–Kier alpha value is -0.870. The van der Waals surface area contributed by atoms with E-state index in [2.05, 4.69) is 6.58 Å². The van der Waals surface area contributed by atoms with E-state index in [4.69, 9.17) is 4.74 Å². The zero-order chi connectivity index (χ0) is 12.4. The normalized spacial score (nSPS) is 12.5. The van der Waals surface area contributed by atoms with E-state index >= 15 is 0 Å². The first-order chi connectivity index (χ1) is 7.65. The lowest BCUT2D eigenvalue weighted by Gasteiger charge is -2.23. The quantitative estimate of drug-likeness (QED) is 0.282. The van der Waals surface area contributed by atoms with E-state index < -0.39 is 6.23 Å². The second kappa shape index (κ2) is 9.36. The fourth-order valence-corrected chi connectivity index (χ4v) is 1.44. The Bertz CT molecular complexity index is 206. The second-order valence-corrected chi connectivity index (χ2v) is 3.54. The van der Waals surface area contributed by atoms with Gasteiger partial charge in [0.2, 0.25) is 0 Å². The smallest absolute Gasteiger partial charge is 0.305 e. The van der Waals surface area contributed by atoms with Crippen LogP contribution in [0.25, 0.3) is 0 Å². The van der Waals surface area contributed by atoms with Crippen molar-refractivity contribution in [1.82, 2.24) is 4.90 Å². The summed E-state index contributed by atoms with van der Waals surface area (Å²) >= 11 is 0. The maximum Gasteiger partial charge on any atom is 0.305 e. The minimum atomic E-state index is -0.590. The van der Waals surface area contributed by atoms with Crippen molar-refractivity contribution in [2.75, 3.05) is 19.7 Å². The molecule has 0 aliphatic rings. The summed E-state index contributed by atoms with van der Waals surface area (Å²) in [5, 5.41) is 9.53. The van der Waals surface area contributed by atoms with Gasteiger partial charge in [0.1, 0.15) is 6.23 Å². The van der Waals surface area contributed by atoms with Crippen molar-refractivity contribution < 1.29 is 14.6 Å². The summed E-state index contributed by atoms with van der Waals surface area (Å²) in [5.74, 6) is -0.144. The number of likely N-dealkylation sites (N-methyl/N-ethyl adjacent to an activating group) is 1. The van der Waals surface area contributed by atoms with Gasteiger partial charge >= 0.3 is 5.97 Å². The Morgan fingerprint density at radius 1 is 1.50 bits per heavy atom. The molecule has 0 fully saturated rings. The summed E-state index contributed by atoms with van der Waals surface area (Å²) in [4.78, 5) is 12.9. The monoisotopic (exact) mass is 229 g/mol. The Labute approximate surface area is 97.9 Å². The summed E-state index contributed by atoms with van der Waals surface area (Å²) in [7, 11) is 0. The molecule has 1 atom stereocenters. The van der Waals surface area contributed by atoms with Crippen molar-refractivity contribution in [2.24, 2.45) is 0 Å². The lowest BCUT2D eigenvalue weighted by molar-refractivity contribution is -0.143. The van der Waals surface area contributed by atoms with Gasteiger partial charge in [-0.1, -0.05) is 13.5 Å². The number of carbonyl (C=O) groups is 1. The molecule has 0 aliphatic heterocycles. The Balaban J connectivity index is 3.63. The molecular weight excluding hydrogens is 206 g/mol. The summed E-state index contributed by atoms with van der Waals surface area (Å²) in [6, 6.07) is 0. The van der Waals surface area contributed by atoms with Crippen molar-refractivity contribution >= 4 is 5.97 Å². The molecule has 0 saturated carbocycles. The van der Waals surface area contributed by atoms with Crippen LogP contribution in [0.3, 0.4) is 0 Å². The fourth-order valence-electron chi connectivity index (χ4n) is 1.44. The molecular formula is C12H23NO3. The van der Waals surface area contributed by atoms with E-state index in [1.807, 2.05) is 11.8 Å². The van der Waals surface area contributed by atoms with Crippen LogP contribution in [0.15, 0.2) is 12.7 Å². The van der Waals surface area contributed by atoms with Gasteiger partial charge in [0, 0.05) is 13.0 Å². The van der Waals surface area contributed by atoms with Crippen LogP contribution in [0.1, 0.15) is 33.1 Å². The molecule has 4 nitrogen and oxygen atoms in total. The van der Waals surface area contributed by atoms with Crippen LogP contribution in [-0.4, -0.2) is 41.9 Å². The minimum absolute atomic E-state index is 0.144. The van der Waals surface area contributed by atoms with E-state index in [1.165, 1.54) is 6.08 Å². The number of aliphatic hydroxyl groups excluding tert-OH is 1. The minimum Gasteiger partial charge on any atom is -0.466 e. The number of rotatable bonds is 9. The molecule has 0 amide bonds. The van der Waals surface area contributed by atoms with Crippen LogP contribution in [0.4, 0.5) is 0 Å². The van der Waals surface area contributed by atoms with Crippen LogP contribution in [0.5, 0.6) is 0 Å². The van der Waals surface area contributed by atoms with Crippen LogP contribution in [-0.2, 0) is 9.53 Å². The topological polar surface area (TPSA) is 49.8 Å². The van der Waals surface area contributed by atoms with E-state index in [9.17, 15) is 9.90 Å². The van der Waals surface area contributed by atoms with Gasteiger partial charge in [-0.05, 0) is 32.4 Å². The molecule has 94 valence electrons. The molecule has 0 aromatic rings. The number of aliphatic hydroxyl groups is 1. The molecule has 0 aromatic heterocycles. The van der Waals surface area contributed by atoms with Gasteiger partial charge in [0.15, 0.2) is 0 Å². The molecule has 1 unspecified atom stereocenters. The third-order valence-electron chi connectivity index (χ3n) is 2.37. The van der Waals surface area contributed by atoms with Gasteiger partial charge in [0.25, 0.3) is 0 Å². The lowest BCUT2D eigenvalue weighted by Crippen LogP contribution is -2.34. The molecule has 0 aliphatic carbocycles. The van der Waals surface area contributed by atoms with Gasteiger partial charge in [0.05, 0.1) is 6.61 Å². The van der Waals surface area contributed by atoms with Gasteiger partial charge in [-0.2, -0.15) is 0 Å². The first-order valence-electron chi connectivity index (χ1n) is 5.86. The van der Waals surface area contributed by atoms with Crippen molar-refractivity contribution in [3.63, 3.8) is 0 Å². The number of hydrogen-bond acceptors (Lipinski definition) is 4. The largest absolute Gasteiger partial charge is 0.466 e. The predicted octanol–water partition coefficient (Wildman–Crippen LogP) is 1.55. The van der Waals surface area contributed by atoms with Gasteiger partial charge in [-0.15, -0.1) is 0 Å². The highest BCUT2D eigenvalue weighted by atomic mass is 16.5. The Morgan fingerprint density at radius 2 is 2.19 bits per heavy atom. The molecule has 0 aromatic carbocycles. The third-order valence-corrected chi connectivity index (χ3v) is 2.37. The van der Waals surface area contributed by atoms with Gasteiger partial charge in [-0.25, -0.2) is 0 Å². The van der Waals surface area contributed by atoms with E-state index in [-0.39, 0.29) is 5.97 Å². The van der Waals surface area contributed by atoms with E-state index in [0.29, 0.717) is 13.0 Å². The summed E-state index contributed by atoms with van der Waals surface area (Å²) in [6.07, 6.45) is 3.04. The van der Waals surface area contributed by atoms with Crippen molar-refractivity contribution in [2.45, 2.75) is 39.3 Å². The number of nitrogens with zero attached hydrogens (tertiary/aromatic N) is 1. The molecule has 0 bridgehead atoms. The van der Waals surface area contributed by atoms with Crippen LogP contribution in [0, 0.1) is 0 Å². The summed E-state index contributed by atoms with van der Waals surface area (Å²) < 4.78 is 4.83. The average molecular weight is 229 g/mol. The van der Waals surface area contributed by atoms with Crippen LogP contribution < -0.4 is 0 Å². The Kier molecular flexibility index (Phi) is 8.85. The number of unbranched alkanes of at least 4 members (excludes halogenated alkanes) is 1. The fraction of sp³-hybridized carbons (Fsp3) is 0.750. The molecule has 1 N–H and O–H groups in total. The van der Waals surface area contributed by atoms with Crippen LogP contribution >= 0.6 is 0 Å². The van der Waals surface area contributed by atoms with Gasteiger partial charge in [-0.3, -0.25) is 9.69 Å². The number of carbonyl (C=O) groups excluding carboxylic acids is 1. The molecule has 16 heavy (non-hydrogen) atoms. The maximum absolute atomic E-state index is 11.0. The molecule has 0 saturated heterocycles. The zero-order valence-corrected chi connectivity index (χ0v) is 10.3. The third kappa shape index (κ3) is 6.58. The number of ether oxygens (including phenoxy) is 1. The highest BCUT2D eigenvalue weighted by Gasteiger charge is 2.09. The predicted molar refractivity (Wildman–Crippen MR) is 63.9 cm³/mol.